The molecule has 0 radical (unpaired) electrons. The summed E-state index contributed by atoms with van der Waals surface area (Å²) in [5.41, 5.74) is 1.50. The van der Waals surface area contributed by atoms with E-state index < -0.39 is 23.2 Å². The molecule has 3 saturated heterocycles. The van der Waals surface area contributed by atoms with Crippen LogP contribution in [0.25, 0.3) is 0 Å². The number of aromatic amines is 1. The Morgan fingerprint density at radius 3 is 2.60 bits per heavy atom. The molecular weight excluding hydrogens is 612 g/mol. The van der Waals surface area contributed by atoms with Crippen molar-refractivity contribution in [2.45, 2.75) is 63.3 Å². The lowest BCUT2D eigenvalue weighted by atomic mass is 9.87. The van der Waals surface area contributed by atoms with Gasteiger partial charge >= 0.3 is 0 Å². The molecule has 3 N–H and O–H groups in total. The van der Waals surface area contributed by atoms with Gasteiger partial charge in [0.2, 0.25) is 17.7 Å². The third-order valence-corrected chi connectivity index (χ3v) is 11.0. The summed E-state index contributed by atoms with van der Waals surface area (Å²) in [4.78, 5) is 58.4. The van der Waals surface area contributed by atoms with Crippen molar-refractivity contribution in [2.24, 2.45) is 17.3 Å². The lowest BCUT2D eigenvalue weighted by Crippen LogP contribution is -2.54. The number of anilines is 2. The highest BCUT2D eigenvalue weighted by Crippen LogP contribution is 2.70. The molecule has 0 spiro atoms. The summed E-state index contributed by atoms with van der Waals surface area (Å²) in [5, 5.41) is 16.5. The first-order valence-corrected chi connectivity index (χ1v) is 16.1. The predicted octanol–water partition coefficient (Wildman–Crippen LogP) is 2.44. The lowest BCUT2D eigenvalue weighted by Gasteiger charge is -2.42. The molecule has 3 aromatic rings. The van der Waals surface area contributed by atoms with Crippen molar-refractivity contribution in [3.63, 3.8) is 0 Å². The van der Waals surface area contributed by atoms with Crippen molar-refractivity contribution < 1.29 is 28.0 Å². The van der Waals surface area contributed by atoms with Crippen LogP contribution in [0, 0.1) is 17.3 Å². The summed E-state index contributed by atoms with van der Waals surface area (Å²) in [6, 6.07) is 3.78. The van der Waals surface area contributed by atoms with E-state index in [4.69, 9.17) is 0 Å². The summed E-state index contributed by atoms with van der Waals surface area (Å²) in [7, 11) is 0. The van der Waals surface area contributed by atoms with E-state index in [1.807, 2.05) is 17.0 Å². The summed E-state index contributed by atoms with van der Waals surface area (Å²) >= 11 is 0. The number of pyridine rings is 1. The Balaban J connectivity index is 0.807. The fourth-order valence-electron chi connectivity index (χ4n) is 7.81. The maximum atomic E-state index is 14.3. The average molecular weight is 648 g/mol. The number of rotatable bonds is 6. The smallest absolute Gasteiger partial charge is 0.276 e. The summed E-state index contributed by atoms with van der Waals surface area (Å²) in [5.74, 6) is -4.00. The second-order valence-electron chi connectivity index (χ2n) is 13.8. The number of hydrogen-bond donors (Lipinski definition) is 3. The number of carbonyl (C=O) groups is 4. The maximum absolute atomic E-state index is 14.3. The van der Waals surface area contributed by atoms with Crippen molar-refractivity contribution in [3.8, 4) is 0 Å². The number of halogens is 2. The van der Waals surface area contributed by atoms with E-state index >= 15 is 0 Å². The van der Waals surface area contributed by atoms with Crippen LogP contribution in [0.4, 0.5) is 20.3 Å². The van der Waals surface area contributed by atoms with E-state index in [0.717, 1.165) is 11.4 Å². The van der Waals surface area contributed by atoms with E-state index in [-0.39, 0.29) is 54.1 Å². The van der Waals surface area contributed by atoms with Crippen LogP contribution in [0.3, 0.4) is 0 Å². The summed E-state index contributed by atoms with van der Waals surface area (Å²) in [6.45, 7) is 4.03. The van der Waals surface area contributed by atoms with E-state index in [9.17, 15) is 28.0 Å². The maximum Gasteiger partial charge on any atom is 0.276 e. The van der Waals surface area contributed by atoms with Gasteiger partial charge < -0.3 is 15.1 Å². The quantitative estimate of drug-likeness (QED) is 0.345. The molecule has 3 aromatic heterocycles. The molecule has 1 saturated carbocycles. The zero-order valence-electron chi connectivity index (χ0n) is 25.8. The third kappa shape index (κ3) is 4.89. The van der Waals surface area contributed by atoms with Gasteiger partial charge in [-0.05, 0) is 37.3 Å². The Kier molecular flexibility index (Phi) is 6.74. The number of likely N-dealkylation sites (tertiary alicyclic amines) is 1. The summed E-state index contributed by atoms with van der Waals surface area (Å²) < 4.78 is 30.3. The fourth-order valence-corrected chi connectivity index (χ4v) is 7.81. The molecule has 4 fully saturated rings. The van der Waals surface area contributed by atoms with Crippen LogP contribution < -0.4 is 15.5 Å². The Hall–Kier alpha value is -4.69. The molecule has 47 heavy (non-hydrogen) atoms. The molecule has 3 atom stereocenters. The number of nitrogens with zero attached hydrogens (tertiary/aromatic N) is 6. The minimum Gasteiger partial charge on any atom is -0.357 e. The molecule has 8 rings (SSSR count). The van der Waals surface area contributed by atoms with E-state index in [1.165, 1.54) is 6.20 Å². The minimum atomic E-state index is -2.73. The number of carbonyl (C=O) groups excluding carboxylic acids is 4. The van der Waals surface area contributed by atoms with Gasteiger partial charge in [-0.25, -0.2) is 13.8 Å². The first-order valence-electron chi connectivity index (χ1n) is 16.1. The fraction of sp³-hybridized carbons (Fsp3) is 0.531. The van der Waals surface area contributed by atoms with Crippen LogP contribution in [0.1, 0.15) is 71.9 Å². The number of hydrogen-bond acceptors (Lipinski definition) is 8. The Bertz CT molecular complexity index is 1770. The summed E-state index contributed by atoms with van der Waals surface area (Å²) in [6.07, 6.45) is 7.48. The highest BCUT2D eigenvalue weighted by molar-refractivity contribution is 6.04. The number of piperidine rings is 2. The molecule has 0 bridgehead atoms. The minimum absolute atomic E-state index is 0.00955. The topological polar surface area (TPSA) is 158 Å². The largest absolute Gasteiger partial charge is 0.357 e. The number of aromatic nitrogens is 5. The zero-order valence-corrected chi connectivity index (χ0v) is 25.8. The van der Waals surface area contributed by atoms with Gasteiger partial charge in [-0.1, -0.05) is 13.0 Å². The standard InChI is InChI=1S/C32H35F2N9O4/c1-31-11-23-22(10-24(31)32(31,33)34)27(40-39-23)29(46)37-19-13-36-43(14-19)20-15-42(16-20)30(47)17-6-8-41(9-7-17)25-4-2-18(12-35-25)21-3-5-26(44)38-28(21)45/h2,4,12-14,17,20-21,24H,3,5-11,15-16H2,1H3,(H,37,46)(H,39,40)(H,38,44,45). The van der Waals surface area contributed by atoms with Gasteiger partial charge in [0.15, 0.2) is 5.69 Å². The molecule has 246 valence electrons. The number of alkyl halides is 2. The number of nitrogens with one attached hydrogen (secondary N) is 3. The van der Waals surface area contributed by atoms with Crippen molar-refractivity contribution >= 4 is 35.1 Å². The van der Waals surface area contributed by atoms with Gasteiger partial charge in [0.25, 0.3) is 11.8 Å². The van der Waals surface area contributed by atoms with Crippen molar-refractivity contribution in [3.05, 3.63) is 53.2 Å². The molecule has 6 heterocycles. The average Bonchev–Trinajstić information content (AvgIpc) is 3.44. The highest BCUT2D eigenvalue weighted by atomic mass is 19.3. The first kappa shape index (κ1) is 29.7. The Morgan fingerprint density at radius 2 is 1.87 bits per heavy atom. The van der Waals surface area contributed by atoms with Crippen LogP contribution in [0.5, 0.6) is 0 Å². The van der Waals surface area contributed by atoms with Gasteiger partial charge in [-0.15, -0.1) is 0 Å². The van der Waals surface area contributed by atoms with Crippen molar-refractivity contribution in [1.29, 1.82) is 0 Å². The highest BCUT2D eigenvalue weighted by Gasteiger charge is 2.78. The third-order valence-electron chi connectivity index (χ3n) is 11.0. The lowest BCUT2D eigenvalue weighted by molar-refractivity contribution is -0.142. The van der Waals surface area contributed by atoms with Crippen LogP contribution in [-0.2, 0) is 27.2 Å². The van der Waals surface area contributed by atoms with Crippen molar-refractivity contribution in [1.82, 2.24) is 35.2 Å². The monoisotopic (exact) mass is 647 g/mol. The molecule has 3 aliphatic heterocycles. The van der Waals surface area contributed by atoms with Crippen LogP contribution in [0.2, 0.25) is 0 Å². The molecule has 4 amide bonds. The second-order valence-corrected chi connectivity index (χ2v) is 13.8. The molecular formula is C32H35F2N9O4. The number of amides is 4. The van der Waals surface area contributed by atoms with E-state index in [0.29, 0.717) is 68.8 Å². The van der Waals surface area contributed by atoms with Gasteiger partial charge in [0.1, 0.15) is 5.82 Å². The van der Waals surface area contributed by atoms with Gasteiger partial charge in [-0.2, -0.15) is 10.2 Å². The normalized spacial score (nSPS) is 27.0. The predicted molar refractivity (Wildman–Crippen MR) is 163 cm³/mol. The SMILES string of the molecule is CC12Cc3[nH]nc(C(=O)Nc4cnn(C5CN(C(=O)C6CCN(c7ccc(C8CCC(=O)NC8=O)cn7)CC6)C5)c4)c3CC1C2(F)F. The second kappa shape index (κ2) is 10.7. The van der Waals surface area contributed by atoms with Crippen LogP contribution in [-0.4, -0.2) is 85.6 Å². The molecule has 0 aromatic carbocycles. The van der Waals surface area contributed by atoms with E-state index in [1.54, 1.807) is 24.0 Å². The molecule has 3 unspecified atom stereocenters. The number of H-pyrrole nitrogens is 1. The number of imide groups is 1. The first-order chi connectivity index (χ1) is 22.5. The number of fused-ring (bicyclic) bond motifs is 2. The van der Waals surface area contributed by atoms with Gasteiger partial charge in [0.05, 0.1) is 23.8 Å². The molecule has 15 heteroatoms. The molecule has 13 nitrogen and oxygen atoms in total. The molecule has 5 aliphatic rings. The van der Waals surface area contributed by atoms with Crippen molar-refractivity contribution in [2.75, 3.05) is 36.4 Å². The van der Waals surface area contributed by atoms with Gasteiger partial charge in [-0.3, -0.25) is 34.3 Å². The molecule has 2 aliphatic carbocycles. The van der Waals surface area contributed by atoms with Crippen LogP contribution >= 0.6 is 0 Å². The van der Waals surface area contributed by atoms with Crippen LogP contribution in [0.15, 0.2) is 30.7 Å². The van der Waals surface area contributed by atoms with Gasteiger partial charge in [0, 0.05) is 79.9 Å². The van der Waals surface area contributed by atoms with E-state index in [2.05, 4.69) is 35.8 Å². The Labute approximate surface area is 268 Å². The Morgan fingerprint density at radius 1 is 1.09 bits per heavy atom. The zero-order chi connectivity index (χ0) is 32.7.